The molecular formula is C21H20ClNO5. The van der Waals surface area contributed by atoms with Crippen LogP contribution in [0.2, 0.25) is 5.02 Å². The first-order chi connectivity index (χ1) is 13.5. The molecule has 0 aliphatic carbocycles. The molecule has 28 heavy (non-hydrogen) atoms. The van der Waals surface area contributed by atoms with Gasteiger partial charge < -0.3 is 14.8 Å². The number of halogens is 1. The summed E-state index contributed by atoms with van der Waals surface area (Å²) in [7, 11) is 0. The summed E-state index contributed by atoms with van der Waals surface area (Å²) in [6.07, 6.45) is 1.89. The van der Waals surface area contributed by atoms with Crippen molar-refractivity contribution in [2.45, 2.75) is 18.9 Å². The molecule has 1 saturated heterocycles. The number of ether oxygens (including phenoxy) is 2. The average molecular weight is 402 g/mol. The Hall–Kier alpha value is -2.70. The van der Waals surface area contributed by atoms with E-state index in [0.29, 0.717) is 23.7 Å². The maximum atomic E-state index is 12.7. The topological polar surface area (TPSA) is 81.7 Å². The van der Waals surface area contributed by atoms with Crippen molar-refractivity contribution >= 4 is 29.3 Å². The summed E-state index contributed by atoms with van der Waals surface area (Å²) < 4.78 is 10.5. The molecule has 0 saturated carbocycles. The number of esters is 1. The first-order valence-electron chi connectivity index (χ1n) is 8.99. The Bertz CT molecular complexity index is 859. The van der Waals surface area contributed by atoms with Gasteiger partial charge in [-0.3, -0.25) is 9.59 Å². The van der Waals surface area contributed by atoms with Crippen LogP contribution in [0.5, 0.6) is 0 Å². The van der Waals surface area contributed by atoms with Crippen LogP contribution in [0, 0.1) is 0 Å². The second kappa shape index (κ2) is 9.48. The number of nitrogens with one attached hydrogen (secondary N) is 1. The Balaban J connectivity index is 1.61. The molecule has 1 amide bonds. The minimum absolute atomic E-state index is 0.0115. The molecule has 0 unspecified atom stereocenters. The quantitative estimate of drug-likeness (QED) is 0.569. The summed E-state index contributed by atoms with van der Waals surface area (Å²) in [5.74, 6) is -1.47. The van der Waals surface area contributed by atoms with Gasteiger partial charge in [0.2, 0.25) is 0 Å². The monoisotopic (exact) mass is 401 g/mol. The molecule has 2 aromatic carbocycles. The van der Waals surface area contributed by atoms with Gasteiger partial charge in [-0.05, 0) is 43.2 Å². The van der Waals surface area contributed by atoms with Crippen molar-refractivity contribution in [3.8, 4) is 0 Å². The van der Waals surface area contributed by atoms with Crippen LogP contribution in [-0.2, 0) is 14.3 Å². The lowest BCUT2D eigenvalue weighted by Gasteiger charge is -2.12. The van der Waals surface area contributed by atoms with E-state index in [1.165, 1.54) is 6.07 Å². The standard InChI is InChI=1S/C21H20ClNO5/c22-15-9-7-14(8-10-15)20(25)17-5-1-2-6-18(17)21(26)28-13-19(24)23-12-16-4-3-11-27-16/h1-2,5-10,16H,3-4,11-13H2,(H,23,24)/t16-/m0/s1. The third-order valence-electron chi connectivity index (χ3n) is 4.38. The molecule has 3 rings (SSSR count). The van der Waals surface area contributed by atoms with E-state index in [1.54, 1.807) is 42.5 Å². The lowest BCUT2D eigenvalue weighted by Crippen LogP contribution is -2.34. The predicted octanol–water partition coefficient (Wildman–Crippen LogP) is 3.02. The van der Waals surface area contributed by atoms with Gasteiger partial charge in [-0.1, -0.05) is 29.8 Å². The van der Waals surface area contributed by atoms with Crippen LogP contribution in [0.1, 0.15) is 39.1 Å². The van der Waals surface area contributed by atoms with E-state index in [2.05, 4.69) is 5.32 Å². The second-order valence-electron chi connectivity index (χ2n) is 6.40. The molecule has 7 heteroatoms. The van der Waals surface area contributed by atoms with E-state index in [-0.39, 0.29) is 23.0 Å². The molecule has 6 nitrogen and oxygen atoms in total. The fourth-order valence-corrected chi connectivity index (χ4v) is 3.03. The summed E-state index contributed by atoms with van der Waals surface area (Å²) >= 11 is 5.85. The molecule has 1 atom stereocenters. The molecule has 1 heterocycles. The fourth-order valence-electron chi connectivity index (χ4n) is 2.91. The molecule has 0 radical (unpaired) electrons. The van der Waals surface area contributed by atoms with Gasteiger partial charge in [-0.25, -0.2) is 4.79 Å². The molecule has 0 bridgehead atoms. The van der Waals surface area contributed by atoms with Crippen LogP contribution in [0.15, 0.2) is 48.5 Å². The summed E-state index contributed by atoms with van der Waals surface area (Å²) in [5.41, 5.74) is 0.711. The maximum Gasteiger partial charge on any atom is 0.339 e. The highest BCUT2D eigenvalue weighted by Crippen LogP contribution is 2.18. The summed E-state index contributed by atoms with van der Waals surface area (Å²) in [4.78, 5) is 37.0. The van der Waals surface area contributed by atoms with Gasteiger partial charge in [0.1, 0.15) is 0 Å². The minimum Gasteiger partial charge on any atom is -0.452 e. The third-order valence-corrected chi connectivity index (χ3v) is 4.64. The van der Waals surface area contributed by atoms with Gasteiger partial charge in [-0.15, -0.1) is 0 Å². The largest absolute Gasteiger partial charge is 0.452 e. The number of carbonyl (C=O) groups excluding carboxylic acids is 3. The van der Waals surface area contributed by atoms with E-state index in [1.807, 2.05) is 0 Å². The number of carbonyl (C=O) groups is 3. The van der Waals surface area contributed by atoms with Crippen molar-refractivity contribution in [1.29, 1.82) is 0 Å². The van der Waals surface area contributed by atoms with Gasteiger partial charge in [0.05, 0.1) is 11.7 Å². The van der Waals surface area contributed by atoms with Crippen molar-refractivity contribution in [3.63, 3.8) is 0 Å². The summed E-state index contributed by atoms with van der Waals surface area (Å²) in [5, 5.41) is 3.19. The number of benzene rings is 2. The average Bonchev–Trinajstić information content (AvgIpc) is 3.24. The normalized spacial score (nSPS) is 15.8. The molecule has 1 aliphatic rings. The lowest BCUT2D eigenvalue weighted by atomic mass is 9.98. The highest BCUT2D eigenvalue weighted by Gasteiger charge is 2.20. The fraction of sp³-hybridized carbons (Fsp3) is 0.286. The van der Waals surface area contributed by atoms with Crippen LogP contribution in [0.4, 0.5) is 0 Å². The highest BCUT2D eigenvalue weighted by atomic mass is 35.5. The number of hydrogen-bond acceptors (Lipinski definition) is 5. The first kappa shape index (κ1) is 20.0. The van der Waals surface area contributed by atoms with Gasteiger partial charge >= 0.3 is 5.97 Å². The minimum atomic E-state index is -0.731. The van der Waals surface area contributed by atoms with Gasteiger partial charge in [0.15, 0.2) is 12.4 Å². The van der Waals surface area contributed by atoms with E-state index in [0.717, 1.165) is 12.8 Å². The smallest absolute Gasteiger partial charge is 0.339 e. The van der Waals surface area contributed by atoms with Crippen LogP contribution < -0.4 is 5.32 Å². The van der Waals surface area contributed by atoms with Crippen LogP contribution >= 0.6 is 11.6 Å². The molecule has 2 aromatic rings. The zero-order valence-corrected chi connectivity index (χ0v) is 15.9. The number of rotatable bonds is 7. The van der Waals surface area contributed by atoms with E-state index in [4.69, 9.17) is 21.1 Å². The van der Waals surface area contributed by atoms with Crippen LogP contribution in [-0.4, -0.2) is 43.5 Å². The van der Waals surface area contributed by atoms with Crippen LogP contribution in [0.3, 0.4) is 0 Å². The predicted molar refractivity (Wildman–Crippen MR) is 104 cm³/mol. The molecule has 1 aliphatic heterocycles. The Kier molecular flexibility index (Phi) is 6.79. The van der Waals surface area contributed by atoms with Gasteiger partial charge in [0, 0.05) is 29.3 Å². The second-order valence-corrected chi connectivity index (χ2v) is 6.83. The number of hydrogen-bond donors (Lipinski definition) is 1. The van der Waals surface area contributed by atoms with E-state index < -0.39 is 18.5 Å². The molecule has 1 fully saturated rings. The highest BCUT2D eigenvalue weighted by molar-refractivity contribution is 6.30. The van der Waals surface area contributed by atoms with Crippen molar-refractivity contribution in [2.24, 2.45) is 0 Å². The van der Waals surface area contributed by atoms with E-state index >= 15 is 0 Å². The molecule has 0 spiro atoms. The van der Waals surface area contributed by atoms with Gasteiger partial charge in [0.25, 0.3) is 5.91 Å². The van der Waals surface area contributed by atoms with Crippen molar-refractivity contribution < 1.29 is 23.9 Å². The maximum absolute atomic E-state index is 12.7. The van der Waals surface area contributed by atoms with Crippen LogP contribution in [0.25, 0.3) is 0 Å². The zero-order chi connectivity index (χ0) is 19.9. The summed E-state index contributed by atoms with van der Waals surface area (Å²) in [6, 6.07) is 12.7. The SMILES string of the molecule is O=C(COC(=O)c1ccccc1C(=O)c1ccc(Cl)cc1)NC[C@@H]1CCCO1. The molecular weight excluding hydrogens is 382 g/mol. The Morgan fingerprint density at radius 3 is 2.46 bits per heavy atom. The Morgan fingerprint density at radius 2 is 1.79 bits per heavy atom. The van der Waals surface area contributed by atoms with Gasteiger partial charge in [-0.2, -0.15) is 0 Å². The number of ketones is 1. The zero-order valence-electron chi connectivity index (χ0n) is 15.2. The lowest BCUT2D eigenvalue weighted by molar-refractivity contribution is -0.124. The summed E-state index contributed by atoms with van der Waals surface area (Å²) in [6.45, 7) is 0.672. The Labute approximate surface area is 167 Å². The molecule has 146 valence electrons. The molecule has 1 N–H and O–H groups in total. The first-order valence-corrected chi connectivity index (χ1v) is 9.37. The molecule has 0 aromatic heterocycles. The van der Waals surface area contributed by atoms with E-state index in [9.17, 15) is 14.4 Å². The van der Waals surface area contributed by atoms with Crippen molar-refractivity contribution in [3.05, 3.63) is 70.2 Å². The Morgan fingerprint density at radius 1 is 1.07 bits per heavy atom. The van der Waals surface area contributed by atoms with Crippen molar-refractivity contribution in [2.75, 3.05) is 19.8 Å². The number of amides is 1. The van der Waals surface area contributed by atoms with Crippen molar-refractivity contribution in [1.82, 2.24) is 5.32 Å². The third kappa shape index (κ3) is 5.18.